The molecule has 1 fully saturated rings. The predicted molar refractivity (Wildman–Crippen MR) is 185 cm³/mol. The van der Waals surface area contributed by atoms with Gasteiger partial charge in [0.2, 0.25) is 0 Å². The van der Waals surface area contributed by atoms with E-state index in [1.807, 2.05) is 40.1 Å². The van der Waals surface area contributed by atoms with E-state index in [-0.39, 0.29) is 30.2 Å². The van der Waals surface area contributed by atoms with Crippen LogP contribution >= 0.6 is 0 Å². The van der Waals surface area contributed by atoms with Crippen LogP contribution in [0.15, 0.2) is 115 Å². The summed E-state index contributed by atoms with van der Waals surface area (Å²) in [5.74, 6) is -1.08. The van der Waals surface area contributed by atoms with Crippen molar-refractivity contribution >= 4 is 23.0 Å². The molecule has 0 amide bonds. The zero-order valence-electron chi connectivity index (χ0n) is 27.5. The van der Waals surface area contributed by atoms with E-state index in [1.54, 1.807) is 30.3 Å². The lowest BCUT2D eigenvalue weighted by Crippen LogP contribution is -2.46. The van der Waals surface area contributed by atoms with Crippen LogP contribution in [-0.2, 0) is 25.5 Å². The summed E-state index contributed by atoms with van der Waals surface area (Å²) in [6, 6.07) is 28.9. The summed E-state index contributed by atoms with van der Waals surface area (Å²) in [5.41, 5.74) is 0.985. The Labute approximate surface area is 295 Å². The first kappa shape index (κ1) is 36.0. The molecule has 52 heavy (non-hydrogen) atoms. The van der Waals surface area contributed by atoms with Crippen LogP contribution in [0, 0.1) is 0 Å². The third-order valence-electron chi connectivity index (χ3n) is 8.53. The Balaban J connectivity index is 1.27. The Hall–Kier alpha value is -5.85. The summed E-state index contributed by atoms with van der Waals surface area (Å²) < 4.78 is 95.8. The third-order valence-corrected chi connectivity index (χ3v) is 8.53. The number of aromatic carboxylic acids is 1. The average molecular weight is 722 g/mol. The number of piperazine rings is 1. The number of nitrogens with zero attached hydrogens (tertiary/aromatic N) is 2. The van der Waals surface area contributed by atoms with E-state index >= 15 is 0 Å². The highest BCUT2D eigenvalue weighted by atomic mass is 19.4. The minimum Gasteiger partial charge on any atom is -0.489 e. The van der Waals surface area contributed by atoms with E-state index < -0.39 is 35.2 Å². The first-order chi connectivity index (χ1) is 24.8. The fraction of sp³-hybridized carbons (Fsp3) is 0.205. The maximum Gasteiger partial charge on any atom is 0.420 e. The number of carbonyl (C=O) groups is 1. The molecule has 0 atom stereocenters. The summed E-state index contributed by atoms with van der Waals surface area (Å²) in [7, 11) is 0. The number of ether oxygens (including phenoxy) is 2. The molecule has 7 nitrogen and oxygen atoms in total. The number of carboxylic acid groups (broad SMARTS) is 1. The molecule has 270 valence electrons. The second-order valence-electron chi connectivity index (χ2n) is 12.1. The van der Waals surface area contributed by atoms with Gasteiger partial charge in [0, 0.05) is 50.5 Å². The van der Waals surface area contributed by atoms with Gasteiger partial charge in [-0.3, -0.25) is 0 Å². The predicted octanol–water partition coefficient (Wildman–Crippen LogP) is 9.73. The van der Waals surface area contributed by atoms with Gasteiger partial charge in [-0.2, -0.15) is 26.3 Å². The molecule has 0 aliphatic carbocycles. The zero-order valence-corrected chi connectivity index (χ0v) is 27.5. The molecule has 0 saturated carbocycles. The lowest BCUT2D eigenvalue weighted by molar-refractivity contribution is -0.139. The summed E-state index contributed by atoms with van der Waals surface area (Å²) in [4.78, 5) is 14.8. The van der Waals surface area contributed by atoms with E-state index in [0.29, 0.717) is 48.9 Å². The minimum absolute atomic E-state index is 0.0789. The van der Waals surface area contributed by atoms with Gasteiger partial charge in [-0.15, -0.1) is 0 Å². The maximum atomic E-state index is 14.6. The van der Waals surface area contributed by atoms with Gasteiger partial charge >= 0.3 is 18.3 Å². The van der Waals surface area contributed by atoms with Gasteiger partial charge in [-0.25, -0.2) is 4.79 Å². The fourth-order valence-corrected chi connectivity index (χ4v) is 5.82. The minimum atomic E-state index is -4.78. The van der Waals surface area contributed by atoms with Gasteiger partial charge in [-0.1, -0.05) is 54.6 Å². The quantitative estimate of drug-likeness (QED) is 0.132. The number of anilines is 3. The van der Waals surface area contributed by atoms with Crippen LogP contribution in [0.2, 0.25) is 0 Å². The van der Waals surface area contributed by atoms with Gasteiger partial charge in [-0.05, 0) is 59.7 Å². The van der Waals surface area contributed by atoms with Crippen LogP contribution in [0.4, 0.5) is 43.4 Å². The standard InChI is InChI=1S/C39H33F6N3O4/c40-38(41,42)29-8-4-9-30(20-29)47-16-18-48(19-17-47)35-23-36(33(39(43,44)45)22-34(35)46-24-26-6-2-1-3-7-26)52-32-11-5-10-31(21-32)51-25-27-12-14-28(15-13-27)37(49)50/h1-15,20-23,46H,16-19,24-25H2,(H,49,50). The van der Waals surface area contributed by atoms with Gasteiger partial charge in [0.1, 0.15) is 29.4 Å². The fourth-order valence-electron chi connectivity index (χ4n) is 5.82. The number of halogens is 6. The number of hydrogen-bond acceptors (Lipinski definition) is 6. The smallest absolute Gasteiger partial charge is 0.420 e. The van der Waals surface area contributed by atoms with Crippen molar-refractivity contribution in [2.75, 3.05) is 41.3 Å². The van der Waals surface area contributed by atoms with Crippen LogP contribution in [0.1, 0.15) is 32.6 Å². The number of hydrogen-bond donors (Lipinski definition) is 2. The van der Waals surface area contributed by atoms with Gasteiger partial charge < -0.3 is 29.7 Å². The monoisotopic (exact) mass is 721 g/mol. The van der Waals surface area contributed by atoms with Crippen molar-refractivity contribution in [3.63, 3.8) is 0 Å². The SMILES string of the molecule is O=C(O)c1ccc(COc2cccc(Oc3cc(N4CCN(c5cccc(C(F)(F)F)c5)CC4)c(NCc4ccccc4)cc3C(F)(F)F)c2)cc1. The molecule has 0 unspecified atom stereocenters. The normalized spacial score (nSPS) is 13.5. The van der Waals surface area contributed by atoms with E-state index in [9.17, 15) is 31.1 Å². The summed E-state index contributed by atoms with van der Waals surface area (Å²) in [5, 5.41) is 12.3. The largest absolute Gasteiger partial charge is 0.489 e. The summed E-state index contributed by atoms with van der Waals surface area (Å²) >= 11 is 0. The van der Waals surface area contributed by atoms with Crippen molar-refractivity contribution in [3.8, 4) is 17.2 Å². The van der Waals surface area contributed by atoms with Gasteiger partial charge in [0.25, 0.3) is 0 Å². The average Bonchev–Trinajstić information content (AvgIpc) is 3.13. The zero-order chi connectivity index (χ0) is 36.9. The molecule has 5 aromatic rings. The Kier molecular flexibility index (Phi) is 10.5. The molecule has 0 aromatic heterocycles. The highest BCUT2D eigenvalue weighted by Gasteiger charge is 2.37. The highest BCUT2D eigenvalue weighted by molar-refractivity contribution is 5.87. The van der Waals surface area contributed by atoms with Gasteiger partial charge in [0.05, 0.1) is 22.5 Å². The molecule has 5 aromatic carbocycles. The molecule has 0 bridgehead atoms. The number of nitrogens with one attached hydrogen (secondary N) is 1. The van der Waals surface area contributed by atoms with Crippen LogP contribution in [0.25, 0.3) is 0 Å². The van der Waals surface area contributed by atoms with Crippen molar-refractivity contribution in [2.24, 2.45) is 0 Å². The van der Waals surface area contributed by atoms with Crippen LogP contribution < -0.4 is 24.6 Å². The number of alkyl halides is 6. The Bertz CT molecular complexity index is 2000. The lowest BCUT2D eigenvalue weighted by Gasteiger charge is -2.38. The molecule has 1 heterocycles. The third kappa shape index (κ3) is 8.89. The molecule has 13 heteroatoms. The van der Waals surface area contributed by atoms with Crippen LogP contribution in [0.3, 0.4) is 0 Å². The maximum absolute atomic E-state index is 14.6. The molecular weight excluding hydrogens is 688 g/mol. The molecule has 0 spiro atoms. The summed E-state index contributed by atoms with van der Waals surface area (Å²) in [6.07, 6.45) is -9.27. The number of rotatable bonds is 11. The molecule has 6 rings (SSSR count). The van der Waals surface area contributed by atoms with Crippen molar-refractivity contribution in [2.45, 2.75) is 25.5 Å². The van der Waals surface area contributed by atoms with E-state index in [2.05, 4.69) is 5.32 Å². The molecule has 1 saturated heterocycles. The summed E-state index contributed by atoms with van der Waals surface area (Å²) in [6.45, 7) is 1.61. The van der Waals surface area contributed by atoms with E-state index in [4.69, 9.17) is 14.6 Å². The van der Waals surface area contributed by atoms with Gasteiger partial charge in [0.15, 0.2) is 0 Å². The second-order valence-corrected chi connectivity index (χ2v) is 12.1. The number of carboxylic acids is 1. The first-order valence-electron chi connectivity index (χ1n) is 16.3. The molecule has 0 radical (unpaired) electrons. The molecule has 1 aliphatic heterocycles. The van der Waals surface area contributed by atoms with Crippen molar-refractivity contribution < 1.29 is 45.7 Å². The lowest BCUT2D eigenvalue weighted by atomic mass is 10.1. The van der Waals surface area contributed by atoms with Crippen LogP contribution in [-0.4, -0.2) is 37.3 Å². The first-order valence-corrected chi connectivity index (χ1v) is 16.3. The van der Waals surface area contributed by atoms with Crippen molar-refractivity contribution in [1.82, 2.24) is 0 Å². The Morgan fingerprint density at radius 2 is 1.37 bits per heavy atom. The Morgan fingerprint density at radius 3 is 2.04 bits per heavy atom. The highest BCUT2D eigenvalue weighted by Crippen LogP contribution is 2.45. The Morgan fingerprint density at radius 1 is 0.692 bits per heavy atom. The van der Waals surface area contributed by atoms with Crippen molar-refractivity contribution in [3.05, 3.63) is 143 Å². The second kappa shape index (κ2) is 15.2. The van der Waals surface area contributed by atoms with Crippen LogP contribution in [0.5, 0.6) is 17.2 Å². The van der Waals surface area contributed by atoms with E-state index in [0.717, 1.165) is 23.8 Å². The molecule has 1 aliphatic rings. The number of benzene rings is 5. The van der Waals surface area contributed by atoms with E-state index in [1.165, 1.54) is 36.4 Å². The molecule has 2 N–H and O–H groups in total. The molecular formula is C39H33F6N3O4. The van der Waals surface area contributed by atoms with Crippen molar-refractivity contribution in [1.29, 1.82) is 0 Å². The topological polar surface area (TPSA) is 74.3 Å².